The van der Waals surface area contributed by atoms with Crippen molar-refractivity contribution >= 4 is 11.9 Å². The molecule has 2 aliphatic rings. The van der Waals surface area contributed by atoms with E-state index in [1.165, 1.54) is 0 Å². The highest BCUT2D eigenvalue weighted by molar-refractivity contribution is 5.98. The summed E-state index contributed by atoms with van der Waals surface area (Å²) in [7, 11) is 0. The summed E-state index contributed by atoms with van der Waals surface area (Å²) >= 11 is 0. The van der Waals surface area contributed by atoms with Gasteiger partial charge >= 0.3 is 0 Å². The molecule has 0 aliphatic carbocycles. The summed E-state index contributed by atoms with van der Waals surface area (Å²) in [5.41, 5.74) is 12.3. The minimum absolute atomic E-state index is 0.230. The zero-order chi connectivity index (χ0) is 13.3. The molecule has 0 atom stereocenters. The van der Waals surface area contributed by atoms with Gasteiger partial charge in [-0.2, -0.15) is 0 Å². The second-order valence-corrected chi connectivity index (χ2v) is 4.32. The highest BCUT2D eigenvalue weighted by Gasteiger charge is 2.43. The molecule has 2 aliphatic heterocycles. The second kappa shape index (κ2) is 4.52. The van der Waals surface area contributed by atoms with Crippen molar-refractivity contribution in [1.29, 1.82) is 0 Å². The Hall–Kier alpha value is -2.13. The lowest BCUT2D eigenvalue weighted by Crippen LogP contribution is -2.56. The fourth-order valence-electron chi connectivity index (χ4n) is 2.29. The molecule has 19 heavy (non-hydrogen) atoms. The summed E-state index contributed by atoms with van der Waals surface area (Å²) in [6.45, 7) is 2.61. The van der Waals surface area contributed by atoms with Crippen LogP contribution in [0.3, 0.4) is 0 Å². The molecular weight excluding hydrogens is 248 g/mol. The number of morpholine rings is 1. The summed E-state index contributed by atoms with van der Waals surface area (Å²) in [5.74, 6) is -0.526. The lowest BCUT2D eigenvalue weighted by molar-refractivity contribution is -0.0212. The first kappa shape index (κ1) is 11.9. The van der Waals surface area contributed by atoms with Gasteiger partial charge in [-0.15, -0.1) is 0 Å². The Morgan fingerprint density at radius 1 is 1.21 bits per heavy atom. The zero-order valence-corrected chi connectivity index (χ0v) is 10.3. The average Bonchev–Trinajstić information content (AvgIpc) is 2.93. The van der Waals surface area contributed by atoms with Crippen LogP contribution in [0.5, 0.6) is 0 Å². The average molecular weight is 264 g/mol. The minimum atomic E-state index is -0.986. The van der Waals surface area contributed by atoms with Crippen molar-refractivity contribution in [3.8, 4) is 0 Å². The normalized spacial score (nSPS) is 23.4. The Kier molecular flexibility index (Phi) is 2.84. The van der Waals surface area contributed by atoms with Gasteiger partial charge in [0.1, 0.15) is 5.69 Å². The molecule has 1 saturated heterocycles. The molecule has 102 valence electrons. The number of aromatic amines is 1. The van der Waals surface area contributed by atoms with Crippen LogP contribution in [0.15, 0.2) is 22.5 Å². The summed E-state index contributed by atoms with van der Waals surface area (Å²) in [6.07, 6.45) is 3.26. The molecule has 1 aromatic heterocycles. The van der Waals surface area contributed by atoms with Crippen LogP contribution < -0.4 is 16.8 Å². The third kappa shape index (κ3) is 2.02. The Morgan fingerprint density at radius 2 is 1.89 bits per heavy atom. The quantitative estimate of drug-likeness (QED) is 0.493. The van der Waals surface area contributed by atoms with Crippen LogP contribution in [-0.4, -0.2) is 53.1 Å². The molecule has 0 radical (unpaired) electrons. The molecule has 0 aromatic carbocycles. The lowest BCUT2D eigenvalue weighted by Gasteiger charge is -2.40. The first-order valence-corrected chi connectivity index (χ1v) is 6.00. The van der Waals surface area contributed by atoms with Crippen molar-refractivity contribution in [2.45, 2.75) is 5.79 Å². The van der Waals surface area contributed by atoms with Crippen molar-refractivity contribution in [1.82, 2.24) is 20.2 Å². The van der Waals surface area contributed by atoms with Gasteiger partial charge in [-0.1, -0.05) is 0 Å². The Balaban J connectivity index is 2.07. The molecule has 0 spiro atoms. The van der Waals surface area contributed by atoms with E-state index in [0.717, 1.165) is 5.69 Å². The van der Waals surface area contributed by atoms with E-state index in [4.69, 9.17) is 16.2 Å². The molecule has 1 fully saturated rings. The number of nitrogens with one attached hydrogen (secondary N) is 2. The number of ether oxygens (including phenoxy) is 1. The molecule has 9 heteroatoms. The Bertz CT molecular complexity index is 484. The molecule has 0 unspecified atom stereocenters. The smallest absolute Gasteiger partial charge is 0.257 e. The van der Waals surface area contributed by atoms with Crippen LogP contribution in [0.1, 0.15) is 5.69 Å². The third-order valence-corrected chi connectivity index (χ3v) is 3.12. The summed E-state index contributed by atoms with van der Waals surface area (Å²) in [6, 6.07) is 0. The van der Waals surface area contributed by atoms with Crippen LogP contribution >= 0.6 is 0 Å². The van der Waals surface area contributed by atoms with Crippen molar-refractivity contribution in [2.24, 2.45) is 21.5 Å². The number of hydrogen-bond donors (Lipinski definition) is 4. The maximum atomic E-state index is 5.80. The number of hydrogen-bond acceptors (Lipinski definition) is 8. The van der Waals surface area contributed by atoms with Crippen LogP contribution in [0.25, 0.3) is 0 Å². The highest BCUT2D eigenvalue weighted by atomic mass is 16.5. The minimum Gasteiger partial charge on any atom is -0.379 e. The first-order valence-electron chi connectivity index (χ1n) is 6.00. The molecule has 1 aromatic rings. The summed E-state index contributed by atoms with van der Waals surface area (Å²) in [4.78, 5) is 18.0. The number of nitrogens with two attached hydrogens (primary N) is 2. The Morgan fingerprint density at radius 3 is 2.47 bits per heavy atom. The van der Waals surface area contributed by atoms with Crippen LogP contribution in [-0.2, 0) is 10.5 Å². The van der Waals surface area contributed by atoms with Gasteiger partial charge in [-0.25, -0.2) is 15.0 Å². The van der Waals surface area contributed by atoms with Gasteiger partial charge < -0.3 is 21.2 Å². The number of imidazole rings is 1. The third-order valence-electron chi connectivity index (χ3n) is 3.12. The molecule has 3 heterocycles. The largest absolute Gasteiger partial charge is 0.379 e. The molecule has 9 nitrogen and oxygen atoms in total. The van der Waals surface area contributed by atoms with E-state index in [9.17, 15) is 0 Å². The van der Waals surface area contributed by atoms with Crippen molar-refractivity contribution in [2.75, 3.05) is 26.3 Å². The number of aliphatic imine (C=N–C) groups is 2. The number of rotatable bonds is 2. The highest BCUT2D eigenvalue weighted by Crippen LogP contribution is 2.32. The SMILES string of the molecule is NC1=NC(c2cnc[nH]2)(N2CCOCC2)N=C(N)N1. The lowest BCUT2D eigenvalue weighted by atomic mass is 10.2. The first-order chi connectivity index (χ1) is 9.21. The van der Waals surface area contributed by atoms with Gasteiger partial charge in [0.15, 0.2) is 11.9 Å². The van der Waals surface area contributed by atoms with Gasteiger partial charge in [-0.05, 0) is 0 Å². The number of aromatic nitrogens is 2. The maximum Gasteiger partial charge on any atom is 0.257 e. The van der Waals surface area contributed by atoms with Gasteiger partial charge in [0.25, 0.3) is 5.79 Å². The predicted molar refractivity (Wildman–Crippen MR) is 69.0 cm³/mol. The van der Waals surface area contributed by atoms with Gasteiger partial charge in [0, 0.05) is 13.1 Å². The fourth-order valence-corrected chi connectivity index (χ4v) is 2.29. The van der Waals surface area contributed by atoms with Crippen LogP contribution in [0.4, 0.5) is 0 Å². The van der Waals surface area contributed by atoms with E-state index in [2.05, 4.69) is 30.2 Å². The van der Waals surface area contributed by atoms with E-state index in [1.54, 1.807) is 12.5 Å². The van der Waals surface area contributed by atoms with Crippen LogP contribution in [0.2, 0.25) is 0 Å². The molecule has 0 bridgehead atoms. The van der Waals surface area contributed by atoms with E-state index in [0.29, 0.717) is 26.3 Å². The van der Waals surface area contributed by atoms with Crippen molar-refractivity contribution in [3.05, 3.63) is 18.2 Å². The number of H-pyrrole nitrogens is 1. The monoisotopic (exact) mass is 264 g/mol. The zero-order valence-electron chi connectivity index (χ0n) is 10.3. The molecule has 6 N–H and O–H groups in total. The van der Waals surface area contributed by atoms with Gasteiger partial charge in [-0.3, -0.25) is 10.2 Å². The molecule has 0 amide bonds. The standard InChI is InChI=1S/C10H16N8O/c11-8-15-9(12)17-10(16-8,7-5-13-6-14-7)18-1-3-19-4-2-18/h5-6H,1-4H2,(H,13,14)(H5,11,12,15,16,17). The van der Waals surface area contributed by atoms with Gasteiger partial charge in [0.2, 0.25) is 0 Å². The molecule has 3 rings (SSSR count). The van der Waals surface area contributed by atoms with E-state index in [-0.39, 0.29) is 11.9 Å². The topological polar surface area (TPSA) is 130 Å². The van der Waals surface area contributed by atoms with E-state index >= 15 is 0 Å². The van der Waals surface area contributed by atoms with Gasteiger partial charge in [0.05, 0.1) is 25.7 Å². The maximum absolute atomic E-state index is 5.80. The number of guanidine groups is 2. The summed E-state index contributed by atoms with van der Waals surface area (Å²) < 4.78 is 5.36. The van der Waals surface area contributed by atoms with E-state index < -0.39 is 5.79 Å². The summed E-state index contributed by atoms with van der Waals surface area (Å²) in [5, 5.41) is 2.70. The molecular formula is C10H16N8O. The van der Waals surface area contributed by atoms with Crippen LogP contribution in [0, 0.1) is 0 Å². The Labute approximate surface area is 109 Å². The second-order valence-electron chi connectivity index (χ2n) is 4.32. The molecule has 0 saturated carbocycles. The van der Waals surface area contributed by atoms with Crippen molar-refractivity contribution in [3.63, 3.8) is 0 Å². The number of nitrogens with zero attached hydrogens (tertiary/aromatic N) is 4. The van der Waals surface area contributed by atoms with Crippen molar-refractivity contribution < 1.29 is 4.74 Å². The predicted octanol–water partition coefficient (Wildman–Crippen LogP) is -1.92. The fraction of sp³-hybridized carbons (Fsp3) is 0.500. The van der Waals surface area contributed by atoms with E-state index in [1.807, 2.05) is 0 Å².